The Hall–Kier alpha value is -2.57. The van der Waals surface area contributed by atoms with Crippen LogP contribution in [0.25, 0.3) is 0 Å². The van der Waals surface area contributed by atoms with Gasteiger partial charge in [0.25, 0.3) is 0 Å². The number of hydrogen-bond donors (Lipinski definition) is 2. The maximum Gasteiger partial charge on any atom is 0.157 e. The molecule has 0 saturated carbocycles. The minimum absolute atomic E-state index is 0.136. The van der Waals surface area contributed by atoms with Gasteiger partial charge in [-0.2, -0.15) is 0 Å². The molecule has 1 aromatic heterocycles. The summed E-state index contributed by atoms with van der Waals surface area (Å²) in [5.74, 6) is 1.19. The van der Waals surface area contributed by atoms with E-state index >= 15 is 0 Å². The topological polar surface area (TPSA) is 70.3 Å². The molecule has 0 atom stereocenters. The van der Waals surface area contributed by atoms with Gasteiger partial charge in [-0.3, -0.25) is 0 Å². The molecule has 0 unspecified atom stereocenters. The number of anilines is 4. The summed E-state index contributed by atoms with van der Waals surface area (Å²) in [6, 6.07) is 6.88. The number of rotatable bonds is 3. The highest BCUT2D eigenvalue weighted by atomic mass is 19.1. The number of benzene rings is 1. The van der Waals surface area contributed by atoms with Gasteiger partial charge in [0, 0.05) is 31.7 Å². The number of aromatic nitrogens is 2. The van der Waals surface area contributed by atoms with Gasteiger partial charge in [-0.15, -0.1) is 0 Å². The Bertz CT molecular complexity index is 735. The van der Waals surface area contributed by atoms with E-state index in [1.165, 1.54) is 12.4 Å². The summed E-state index contributed by atoms with van der Waals surface area (Å²) in [6.45, 7) is 9.05. The molecule has 1 aliphatic rings. The van der Waals surface area contributed by atoms with Crippen molar-refractivity contribution in [3.63, 3.8) is 0 Å². The van der Waals surface area contributed by atoms with Crippen molar-refractivity contribution in [2.75, 3.05) is 47.0 Å². The van der Waals surface area contributed by atoms with Crippen LogP contribution in [0.5, 0.6) is 0 Å². The summed E-state index contributed by atoms with van der Waals surface area (Å²) in [6.07, 6.45) is 1.53. The van der Waals surface area contributed by atoms with Crippen LogP contribution >= 0.6 is 0 Å². The molecule has 0 amide bonds. The first-order chi connectivity index (χ1) is 11.8. The van der Waals surface area contributed by atoms with Crippen LogP contribution in [0.1, 0.15) is 20.8 Å². The third-order valence-corrected chi connectivity index (χ3v) is 4.13. The summed E-state index contributed by atoms with van der Waals surface area (Å²) in [5.41, 5.74) is 7.35. The van der Waals surface area contributed by atoms with Gasteiger partial charge in [0.1, 0.15) is 17.8 Å². The molecule has 1 aliphatic heterocycles. The van der Waals surface area contributed by atoms with Gasteiger partial charge in [-0.1, -0.05) is 12.1 Å². The lowest BCUT2D eigenvalue weighted by Gasteiger charge is -2.37. The molecule has 0 bridgehead atoms. The maximum absolute atomic E-state index is 14.0. The molecule has 3 N–H and O–H groups in total. The van der Waals surface area contributed by atoms with Crippen LogP contribution in [-0.2, 0) is 0 Å². The fraction of sp³-hybridized carbons (Fsp3) is 0.444. The van der Waals surface area contributed by atoms with E-state index in [4.69, 9.17) is 5.73 Å². The molecule has 2 heterocycles. The first-order valence-electron chi connectivity index (χ1n) is 8.48. The third-order valence-electron chi connectivity index (χ3n) is 4.13. The summed E-state index contributed by atoms with van der Waals surface area (Å²) in [7, 11) is 0. The van der Waals surface area contributed by atoms with Crippen LogP contribution in [0.15, 0.2) is 30.6 Å². The Labute approximate surface area is 147 Å². The van der Waals surface area contributed by atoms with Gasteiger partial charge in [0.15, 0.2) is 11.6 Å². The van der Waals surface area contributed by atoms with E-state index in [-0.39, 0.29) is 11.4 Å². The largest absolute Gasteiger partial charge is 0.393 e. The summed E-state index contributed by atoms with van der Waals surface area (Å²) in [5, 5.41) is 3.31. The van der Waals surface area contributed by atoms with Gasteiger partial charge >= 0.3 is 0 Å². The number of hydrogen-bond acceptors (Lipinski definition) is 6. The maximum atomic E-state index is 14.0. The number of piperazine rings is 1. The zero-order chi connectivity index (χ0) is 18.0. The number of nitrogens with two attached hydrogens (primary N) is 1. The van der Waals surface area contributed by atoms with E-state index in [0.29, 0.717) is 30.3 Å². The minimum Gasteiger partial charge on any atom is -0.393 e. The molecular formula is C18H25FN6. The molecule has 6 nitrogen and oxygen atoms in total. The standard InChI is InChI=1S/C18H25FN6/c1-18(2,3)23-16-15(20)17(22-12-21-16)25-10-8-24(9-11-25)14-7-5-4-6-13(14)19/h4-7,12H,8-11,20H2,1-3H3,(H,21,22,23). The number of nitrogen functional groups attached to an aromatic ring is 1. The zero-order valence-corrected chi connectivity index (χ0v) is 15.0. The SMILES string of the molecule is CC(C)(C)Nc1ncnc(N2CCN(c3ccccc3F)CC2)c1N. The van der Waals surface area contributed by atoms with Gasteiger partial charge in [-0.05, 0) is 32.9 Å². The normalized spacial score (nSPS) is 15.4. The van der Waals surface area contributed by atoms with E-state index in [2.05, 4.69) is 45.9 Å². The fourth-order valence-corrected chi connectivity index (χ4v) is 2.96. The number of nitrogens with one attached hydrogen (secondary N) is 1. The fourth-order valence-electron chi connectivity index (χ4n) is 2.96. The molecule has 2 aromatic rings. The van der Waals surface area contributed by atoms with Gasteiger partial charge < -0.3 is 20.9 Å². The molecule has 25 heavy (non-hydrogen) atoms. The van der Waals surface area contributed by atoms with Crippen molar-refractivity contribution in [1.29, 1.82) is 0 Å². The Morgan fingerprint density at radius 2 is 1.68 bits per heavy atom. The smallest absolute Gasteiger partial charge is 0.157 e. The highest BCUT2D eigenvalue weighted by Crippen LogP contribution is 2.29. The number of halogens is 1. The van der Waals surface area contributed by atoms with Gasteiger partial charge in [0.2, 0.25) is 0 Å². The Kier molecular flexibility index (Phi) is 4.65. The van der Waals surface area contributed by atoms with E-state index in [9.17, 15) is 4.39 Å². The van der Waals surface area contributed by atoms with E-state index in [0.717, 1.165) is 18.9 Å². The second kappa shape index (κ2) is 6.74. The van der Waals surface area contributed by atoms with E-state index in [1.54, 1.807) is 6.07 Å². The quantitative estimate of drug-likeness (QED) is 0.892. The zero-order valence-electron chi connectivity index (χ0n) is 15.0. The third kappa shape index (κ3) is 3.92. The number of nitrogens with zero attached hydrogens (tertiary/aromatic N) is 4. The Balaban J connectivity index is 1.73. The molecule has 1 fully saturated rings. The molecule has 1 aromatic carbocycles. The summed E-state index contributed by atoms with van der Waals surface area (Å²) in [4.78, 5) is 12.8. The molecule has 134 valence electrons. The van der Waals surface area contributed by atoms with Crippen molar-refractivity contribution >= 4 is 23.0 Å². The predicted molar refractivity (Wildman–Crippen MR) is 101 cm³/mol. The first-order valence-corrected chi connectivity index (χ1v) is 8.48. The van der Waals surface area contributed by atoms with E-state index in [1.807, 2.05) is 12.1 Å². The second-order valence-electron chi connectivity index (χ2n) is 7.26. The first kappa shape index (κ1) is 17.3. The van der Waals surface area contributed by atoms with Crippen LogP contribution < -0.4 is 20.9 Å². The molecule has 0 spiro atoms. The lowest BCUT2D eigenvalue weighted by molar-refractivity contribution is 0.596. The Morgan fingerprint density at radius 1 is 1.04 bits per heavy atom. The highest BCUT2D eigenvalue weighted by Gasteiger charge is 2.23. The molecule has 7 heteroatoms. The van der Waals surface area contributed by atoms with E-state index < -0.39 is 0 Å². The molecule has 3 rings (SSSR count). The molecule has 1 saturated heterocycles. The molecular weight excluding hydrogens is 319 g/mol. The van der Waals surface area contributed by atoms with Crippen LogP contribution in [0.3, 0.4) is 0 Å². The van der Waals surface area contributed by atoms with Crippen LogP contribution in [0, 0.1) is 5.82 Å². The lowest BCUT2D eigenvalue weighted by Crippen LogP contribution is -2.47. The van der Waals surface area contributed by atoms with Crippen molar-refractivity contribution in [3.8, 4) is 0 Å². The van der Waals surface area contributed by atoms with Crippen LogP contribution in [0.2, 0.25) is 0 Å². The predicted octanol–water partition coefficient (Wildman–Crippen LogP) is 2.73. The van der Waals surface area contributed by atoms with Crippen molar-refractivity contribution in [2.24, 2.45) is 0 Å². The van der Waals surface area contributed by atoms with Crippen molar-refractivity contribution in [1.82, 2.24) is 9.97 Å². The lowest BCUT2D eigenvalue weighted by atomic mass is 10.1. The van der Waals surface area contributed by atoms with Gasteiger partial charge in [-0.25, -0.2) is 14.4 Å². The summed E-state index contributed by atoms with van der Waals surface area (Å²) < 4.78 is 14.0. The number of para-hydroxylation sites is 1. The van der Waals surface area contributed by atoms with Crippen LogP contribution in [-0.4, -0.2) is 41.7 Å². The average molecular weight is 344 g/mol. The van der Waals surface area contributed by atoms with Crippen molar-refractivity contribution in [2.45, 2.75) is 26.3 Å². The van der Waals surface area contributed by atoms with Crippen molar-refractivity contribution in [3.05, 3.63) is 36.4 Å². The monoisotopic (exact) mass is 344 g/mol. The Morgan fingerprint density at radius 3 is 2.32 bits per heavy atom. The van der Waals surface area contributed by atoms with Crippen LogP contribution in [0.4, 0.5) is 27.4 Å². The summed E-state index contributed by atoms with van der Waals surface area (Å²) >= 11 is 0. The minimum atomic E-state index is -0.186. The molecule has 0 radical (unpaired) electrons. The highest BCUT2D eigenvalue weighted by molar-refractivity contribution is 5.75. The van der Waals surface area contributed by atoms with Crippen molar-refractivity contribution < 1.29 is 4.39 Å². The second-order valence-corrected chi connectivity index (χ2v) is 7.26. The van der Waals surface area contributed by atoms with Gasteiger partial charge in [0.05, 0.1) is 5.69 Å². The average Bonchev–Trinajstić information content (AvgIpc) is 2.56. The molecule has 0 aliphatic carbocycles.